The van der Waals surface area contributed by atoms with Gasteiger partial charge in [-0.2, -0.15) is 4.31 Å². The van der Waals surface area contributed by atoms with Crippen LogP contribution in [0.25, 0.3) is 0 Å². The van der Waals surface area contributed by atoms with Crippen LogP contribution in [0.4, 0.5) is 0 Å². The van der Waals surface area contributed by atoms with Crippen molar-refractivity contribution in [3.8, 4) is 5.75 Å². The monoisotopic (exact) mass is 424 g/mol. The molecule has 0 atom stereocenters. The summed E-state index contributed by atoms with van der Waals surface area (Å²) in [5.74, 6) is 0.245. The zero-order valence-electron chi connectivity index (χ0n) is 15.1. The summed E-state index contributed by atoms with van der Waals surface area (Å²) < 4.78 is 37.6. The quantitative estimate of drug-likeness (QED) is 0.688. The Balaban J connectivity index is 1.64. The van der Waals surface area contributed by atoms with Crippen LogP contribution < -0.4 is 10.1 Å². The highest BCUT2D eigenvalue weighted by Crippen LogP contribution is 2.23. The standard InChI is InChI=1S/C19H21ClN2O5S/c20-18-7-6-16(28(24,25)22-9-12-26-13-10-22)14-17(18)19(23)21-8-11-27-15-4-2-1-3-5-15/h1-7,14H,8-13H2,(H,21,23). The Kier molecular flexibility index (Phi) is 6.90. The highest BCUT2D eigenvalue weighted by Gasteiger charge is 2.27. The van der Waals surface area contributed by atoms with Crippen molar-refractivity contribution in [2.75, 3.05) is 39.5 Å². The van der Waals surface area contributed by atoms with Crippen LogP contribution in [0.3, 0.4) is 0 Å². The van der Waals surface area contributed by atoms with Crippen LogP contribution in [0, 0.1) is 0 Å². The highest BCUT2D eigenvalue weighted by molar-refractivity contribution is 7.89. The van der Waals surface area contributed by atoms with E-state index in [1.54, 1.807) is 0 Å². The summed E-state index contributed by atoms with van der Waals surface area (Å²) in [5.41, 5.74) is 0.107. The maximum absolute atomic E-state index is 12.8. The van der Waals surface area contributed by atoms with Crippen molar-refractivity contribution in [3.05, 3.63) is 59.1 Å². The average Bonchev–Trinajstić information content (AvgIpc) is 2.72. The van der Waals surface area contributed by atoms with Gasteiger partial charge in [-0.1, -0.05) is 29.8 Å². The van der Waals surface area contributed by atoms with Gasteiger partial charge in [-0.25, -0.2) is 8.42 Å². The molecule has 2 aromatic carbocycles. The van der Waals surface area contributed by atoms with Gasteiger partial charge < -0.3 is 14.8 Å². The number of hydrogen-bond donors (Lipinski definition) is 1. The summed E-state index contributed by atoms with van der Waals surface area (Å²) >= 11 is 6.12. The number of carbonyl (C=O) groups is 1. The topological polar surface area (TPSA) is 84.9 Å². The third-order valence-electron chi connectivity index (χ3n) is 4.19. The minimum Gasteiger partial charge on any atom is -0.492 e. The lowest BCUT2D eigenvalue weighted by Crippen LogP contribution is -2.40. The van der Waals surface area contributed by atoms with Crippen molar-refractivity contribution < 1.29 is 22.7 Å². The predicted molar refractivity (Wildman–Crippen MR) is 105 cm³/mol. The summed E-state index contributed by atoms with van der Waals surface area (Å²) in [7, 11) is -3.71. The third kappa shape index (κ3) is 5.02. The normalized spacial score (nSPS) is 15.2. The molecule has 0 saturated carbocycles. The molecule has 0 spiro atoms. The fourth-order valence-electron chi connectivity index (χ4n) is 2.72. The van der Waals surface area contributed by atoms with Crippen molar-refractivity contribution in [2.45, 2.75) is 4.90 Å². The van der Waals surface area contributed by atoms with Crippen molar-refractivity contribution in [3.63, 3.8) is 0 Å². The fourth-order valence-corrected chi connectivity index (χ4v) is 4.36. The summed E-state index contributed by atoms with van der Waals surface area (Å²) in [4.78, 5) is 12.5. The molecule has 1 saturated heterocycles. The number of benzene rings is 2. The van der Waals surface area contributed by atoms with E-state index >= 15 is 0 Å². The number of ether oxygens (including phenoxy) is 2. The first kappa shape index (κ1) is 20.6. The molecule has 1 amide bonds. The molecule has 1 fully saturated rings. The van der Waals surface area contributed by atoms with Gasteiger partial charge in [0.25, 0.3) is 5.91 Å². The lowest BCUT2D eigenvalue weighted by atomic mass is 10.2. The molecule has 3 rings (SSSR count). The second-order valence-corrected chi connectivity index (χ2v) is 8.42. The van der Waals surface area contributed by atoms with E-state index in [9.17, 15) is 13.2 Å². The Hall–Kier alpha value is -2.13. The van der Waals surface area contributed by atoms with Gasteiger partial charge in [0.05, 0.1) is 35.2 Å². The number of carbonyl (C=O) groups excluding carboxylic acids is 1. The van der Waals surface area contributed by atoms with E-state index in [0.717, 1.165) is 0 Å². The first-order chi connectivity index (χ1) is 13.5. The molecule has 9 heteroatoms. The van der Waals surface area contributed by atoms with Crippen LogP contribution in [-0.4, -0.2) is 58.1 Å². The molecule has 2 aromatic rings. The summed E-state index contributed by atoms with van der Waals surface area (Å²) in [5, 5.41) is 2.87. The van der Waals surface area contributed by atoms with E-state index in [1.807, 2.05) is 30.3 Å². The van der Waals surface area contributed by atoms with E-state index in [0.29, 0.717) is 19.0 Å². The molecule has 0 bridgehead atoms. The second kappa shape index (κ2) is 9.38. The third-order valence-corrected chi connectivity index (χ3v) is 6.41. The van der Waals surface area contributed by atoms with Crippen LogP contribution >= 0.6 is 11.6 Å². The van der Waals surface area contributed by atoms with Gasteiger partial charge in [-0.05, 0) is 30.3 Å². The largest absolute Gasteiger partial charge is 0.492 e. The SMILES string of the molecule is O=C(NCCOc1ccccc1)c1cc(S(=O)(=O)N2CCOCC2)ccc1Cl. The molecule has 1 aliphatic heterocycles. The Bertz CT molecular complexity index is 915. The Morgan fingerprint density at radius 1 is 1.14 bits per heavy atom. The average molecular weight is 425 g/mol. The number of morpholine rings is 1. The van der Waals surface area contributed by atoms with Crippen LogP contribution in [0.2, 0.25) is 5.02 Å². The van der Waals surface area contributed by atoms with Gasteiger partial charge in [0.15, 0.2) is 0 Å². The Labute approximate surface area is 169 Å². The number of amides is 1. The molecule has 0 radical (unpaired) electrons. The zero-order valence-corrected chi connectivity index (χ0v) is 16.7. The minimum atomic E-state index is -3.71. The van der Waals surface area contributed by atoms with E-state index in [4.69, 9.17) is 21.1 Å². The number of sulfonamides is 1. The van der Waals surface area contributed by atoms with Crippen LogP contribution in [0.15, 0.2) is 53.4 Å². The number of para-hydroxylation sites is 1. The highest BCUT2D eigenvalue weighted by atomic mass is 35.5. The van der Waals surface area contributed by atoms with Gasteiger partial charge in [-0.3, -0.25) is 4.79 Å². The Morgan fingerprint density at radius 3 is 2.57 bits per heavy atom. The second-order valence-electron chi connectivity index (χ2n) is 6.08. The fraction of sp³-hybridized carbons (Fsp3) is 0.316. The number of rotatable bonds is 7. The molecule has 1 aliphatic rings. The van der Waals surface area contributed by atoms with Crippen molar-refractivity contribution in [1.82, 2.24) is 9.62 Å². The smallest absolute Gasteiger partial charge is 0.252 e. The summed E-state index contributed by atoms with van der Waals surface area (Å²) in [6, 6.07) is 13.4. The van der Waals surface area contributed by atoms with E-state index < -0.39 is 15.9 Å². The van der Waals surface area contributed by atoms with Crippen molar-refractivity contribution >= 4 is 27.5 Å². The van der Waals surface area contributed by atoms with Crippen molar-refractivity contribution in [1.29, 1.82) is 0 Å². The van der Waals surface area contributed by atoms with Gasteiger partial charge in [-0.15, -0.1) is 0 Å². The molecule has 1 heterocycles. The molecule has 150 valence electrons. The van der Waals surface area contributed by atoms with Gasteiger partial charge >= 0.3 is 0 Å². The molecule has 0 aromatic heterocycles. The molecule has 1 N–H and O–H groups in total. The van der Waals surface area contributed by atoms with Crippen LogP contribution in [-0.2, 0) is 14.8 Å². The first-order valence-corrected chi connectivity index (χ1v) is 10.6. The van der Waals surface area contributed by atoms with Gasteiger partial charge in [0.1, 0.15) is 12.4 Å². The zero-order chi connectivity index (χ0) is 20.0. The first-order valence-electron chi connectivity index (χ1n) is 8.82. The lowest BCUT2D eigenvalue weighted by Gasteiger charge is -2.26. The summed E-state index contributed by atoms with van der Waals surface area (Å²) in [6.45, 7) is 1.79. The summed E-state index contributed by atoms with van der Waals surface area (Å²) in [6.07, 6.45) is 0. The molecule has 0 unspecified atom stereocenters. The van der Waals surface area contributed by atoms with Gasteiger partial charge in [0.2, 0.25) is 10.0 Å². The lowest BCUT2D eigenvalue weighted by molar-refractivity contribution is 0.0730. The molecule has 0 aliphatic carbocycles. The van der Waals surface area contributed by atoms with Gasteiger partial charge in [0, 0.05) is 13.1 Å². The maximum atomic E-state index is 12.8. The number of hydrogen-bond acceptors (Lipinski definition) is 5. The number of nitrogens with one attached hydrogen (secondary N) is 1. The van der Waals surface area contributed by atoms with E-state index in [1.165, 1.54) is 22.5 Å². The van der Waals surface area contributed by atoms with E-state index in [2.05, 4.69) is 5.32 Å². The minimum absolute atomic E-state index is 0.0319. The number of nitrogens with zero attached hydrogens (tertiary/aromatic N) is 1. The molecular weight excluding hydrogens is 404 g/mol. The molecule has 7 nitrogen and oxygen atoms in total. The van der Waals surface area contributed by atoms with E-state index in [-0.39, 0.29) is 41.7 Å². The Morgan fingerprint density at radius 2 is 1.86 bits per heavy atom. The van der Waals surface area contributed by atoms with Crippen LogP contribution in [0.5, 0.6) is 5.75 Å². The number of halogens is 1. The predicted octanol–water partition coefficient (Wildman–Crippen LogP) is 2.17. The van der Waals surface area contributed by atoms with Crippen LogP contribution in [0.1, 0.15) is 10.4 Å². The maximum Gasteiger partial charge on any atom is 0.252 e. The molecule has 28 heavy (non-hydrogen) atoms. The van der Waals surface area contributed by atoms with Crippen molar-refractivity contribution in [2.24, 2.45) is 0 Å². The molecular formula is C19H21ClN2O5S.